The van der Waals surface area contributed by atoms with E-state index >= 15 is 0 Å². The van der Waals surface area contributed by atoms with Crippen molar-refractivity contribution in [1.82, 2.24) is 0 Å². The van der Waals surface area contributed by atoms with Gasteiger partial charge in [0.25, 0.3) is 0 Å². The highest BCUT2D eigenvalue weighted by Crippen LogP contribution is 2.80. The fraction of sp³-hybridized carbons (Fsp3) is 0.909. The number of epoxide rings is 1. The molecule has 1 saturated heterocycles. The Bertz CT molecular complexity index is 730. The number of aliphatic hydroxyl groups excluding tert-OH is 1. The van der Waals surface area contributed by atoms with Gasteiger partial charge in [0.1, 0.15) is 17.5 Å². The normalized spacial score (nSPS) is 57.3. The molecule has 2 bridgehead atoms. The molecule has 4 aliphatic carbocycles. The Balaban J connectivity index is 1.71. The molecule has 0 aromatic carbocycles. The molecule has 4 saturated carbocycles. The molecular formula is C22H32O5. The molecule has 1 heterocycles. The van der Waals surface area contributed by atoms with E-state index in [1.54, 1.807) is 0 Å². The number of fused-ring (bicyclic) bond motifs is 2. The number of carbonyl (C=O) groups excluding carboxylic acids is 2. The van der Waals surface area contributed by atoms with Gasteiger partial charge in [0.15, 0.2) is 0 Å². The molecule has 0 unspecified atom stereocenters. The van der Waals surface area contributed by atoms with Crippen LogP contribution in [0.5, 0.6) is 0 Å². The average molecular weight is 376 g/mol. The summed E-state index contributed by atoms with van der Waals surface area (Å²) in [5.74, 6) is 0.320. The first-order chi connectivity index (χ1) is 12.5. The zero-order chi connectivity index (χ0) is 19.6. The van der Waals surface area contributed by atoms with E-state index in [0.717, 1.165) is 25.7 Å². The predicted molar refractivity (Wildman–Crippen MR) is 97.7 cm³/mol. The number of carbonyl (C=O) groups is 2. The summed E-state index contributed by atoms with van der Waals surface area (Å²) in [6.45, 7) is 10.1. The minimum Gasteiger partial charge on any atom is -0.462 e. The Morgan fingerprint density at radius 2 is 1.96 bits per heavy atom. The van der Waals surface area contributed by atoms with Crippen LogP contribution in [-0.4, -0.2) is 40.8 Å². The molecule has 5 rings (SSSR count). The summed E-state index contributed by atoms with van der Waals surface area (Å²) in [7, 11) is 0. The van der Waals surface area contributed by atoms with Gasteiger partial charge in [0.2, 0.25) is 0 Å². The summed E-state index contributed by atoms with van der Waals surface area (Å²) in [5.41, 5.74) is -1.84. The number of rotatable bonds is 1. The largest absolute Gasteiger partial charge is 0.462 e. The van der Waals surface area contributed by atoms with Crippen molar-refractivity contribution in [2.24, 2.45) is 34.0 Å². The topological polar surface area (TPSA) is 76.1 Å². The number of aliphatic hydroxyl groups is 1. The Hall–Kier alpha value is -0.940. The van der Waals surface area contributed by atoms with E-state index < -0.39 is 22.5 Å². The van der Waals surface area contributed by atoms with E-state index in [0.29, 0.717) is 12.3 Å². The molecule has 27 heavy (non-hydrogen) atoms. The predicted octanol–water partition coefficient (Wildman–Crippen LogP) is 2.88. The standard InChI is InChI=1S/C22H32O5/c1-11-13-8-16-22(27-16)20(5)15(26-12(2)23)6-7-19(3,4)17(20)14(24)10-21(22,9-13)18(11)25/h11,13-17,24H,6-10H2,1-5H3/t11-,13-,14+,15+,16-,17-,20-,21-,22+/m1/s1. The molecular weight excluding hydrogens is 344 g/mol. The summed E-state index contributed by atoms with van der Waals surface area (Å²) in [6, 6.07) is 0. The highest BCUT2D eigenvalue weighted by Gasteiger charge is 2.88. The first-order valence-corrected chi connectivity index (χ1v) is 10.6. The van der Waals surface area contributed by atoms with Crippen molar-refractivity contribution in [3.8, 4) is 0 Å². The molecule has 0 aromatic heterocycles. The van der Waals surface area contributed by atoms with Gasteiger partial charge in [0.05, 0.1) is 17.6 Å². The van der Waals surface area contributed by atoms with Crippen molar-refractivity contribution in [3.63, 3.8) is 0 Å². The lowest BCUT2D eigenvalue weighted by Gasteiger charge is -2.65. The number of hydrogen-bond donors (Lipinski definition) is 1. The molecule has 1 N–H and O–H groups in total. The Labute approximate surface area is 161 Å². The van der Waals surface area contributed by atoms with E-state index in [2.05, 4.69) is 27.7 Å². The maximum absolute atomic E-state index is 13.5. The minimum atomic E-state index is -0.615. The number of ether oxygens (including phenoxy) is 2. The van der Waals surface area contributed by atoms with Gasteiger partial charge in [-0.15, -0.1) is 0 Å². The minimum absolute atomic E-state index is 0.0365. The Morgan fingerprint density at radius 3 is 2.63 bits per heavy atom. The molecule has 9 atom stereocenters. The zero-order valence-electron chi connectivity index (χ0n) is 17.1. The molecule has 5 fully saturated rings. The molecule has 5 aliphatic rings. The molecule has 5 heteroatoms. The highest BCUT2D eigenvalue weighted by molar-refractivity contribution is 5.92. The van der Waals surface area contributed by atoms with E-state index in [1.165, 1.54) is 6.92 Å². The monoisotopic (exact) mass is 376 g/mol. The van der Waals surface area contributed by atoms with Crippen molar-refractivity contribution < 1.29 is 24.2 Å². The van der Waals surface area contributed by atoms with Crippen molar-refractivity contribution >= 4 is 11.8 Å². The van der Waals surface area contributed by atoms with E-state index in [4.69, 9.17) is 9.47 Å². The third-order valence-corrected chi connectivity index (χ3v) is 9.41. The second-order valence-electron chi connectivity index (χ2n) is 10.9. The molecule has 0 radical (unpaired) electrons. The summed E-state index contributed by atoms with van der Waals surface area (Å²) in [5, 5.41) is 11.4. The van der Waals surface area contributed by atoms with Crippen LogP contribution in [0.4, 0.5) is 0 Å². The van der Waals surface area contributed by atoms with Gasteiger partial charge in [-0.3, -0.25) is 9.59 Å². The SMILES string of the molecule is CC(=O)O[C@H]1CCC(C)(C)[C@H]2[C@@H](O)C[C@@]34C[C@@H](C[C@H]5O[C@]53[C@]12C)[C@@H](C)C4=O. The molecule has 2 spiro atoms. The van der Waals surface area contributed by atoms with Crippen LogP contribution in [-0.2, 0) is 19.1 Å². The average Bonchev–Trinajstić information content (AvgIpc) is 3.27. The van der Waals surface area contributed by atoms with Gasteiger partial charge in [-0.05, 0) is 43.4 Å². The quantitative estimate of drug-likeness (QED) is 0.562. The van der Waals surface area contributed by atoms with Crippen LogP contribution in [0.15, 0.2) is 0 Å². The van der Waals surface area contributed by atoms with Crippen LogP contribution in [0.25, 0.3) is 0 Å². The maximum atomic E-state index is 13.5. The van der Waals surface area contributed by atoms with Gasteiger partial charge >= 0.3 is 5.97 Å². The summed E-state index contributed by atoms with van der Waals surface area (Å²) in [4.78, 5) is 25.5. The zero-order valence-corrected chi connectivity index (χ0v) is 17.1. The lowest BCUT2D eigenvalue weighted by atomic mass is 9.39. The van der Waals surface area contributed by atoms with Crippen molar-refractivity contribution in [2.75, 3.05) is 0 Å². The highest BCUT2D eigenvalue weighted by atomic mass is 16.6. The third kappa shape index (κ3) is 1.80. The van der Waals surface area contributed by atoms with Crippen molar-refractivity contribution in [3.05, 3.63) is 0 Å². The first kappa shape index (κ1) is 18.1. The summed E-state index contributed by atoms with van der Waals surface area (Å²) < 4.78 is 12.4. The molecule has 0 aromatic rings. The van der Waals surface area contributed by atoms with Gasteiger partial charge in [0, 0.05) is 24.2 Å². The molecule has 150 valence electrons. The van der Waals surface area contributed by atoms with Gasteiger partial charge in [-0.2, -0.15) is 0 Å². The number of Topliss-reactive ketones (excluding diaryl/α,β-unsaturated/α-hetero) is 1. The molecule has 5 nitrogen and oxygen atoms in total. The van der Waals surface area contributed by atoms with Crippen molar-refractivity contribution in [1.29, 1.82) is 0 Å². The van der Waals surface area contributed by atoms with Crippen LogP contribution >= 0.6 is 0 Å². The number of ketones is 1. The van der Waals surface area contributed by atoms with E-state index in [-0.39, 0.29) is 41.2 Å². The summed E-state index contributed by atoms with van der Waals surface area (Å²) in [6.07, 6.45) is 3.04. The van der Waals surface area contributed by atoms with Crippen LogP contribution in [0.1, 0.15) is 66.7 Å². The first-order valence-electron chi connectivity index (χ1n) is 10.6. The Morgan fingerprint density at radius 1 is 1.26 bits per heavy atom. The Kier molecular flexibility index (Phi) is 3.33. The fourth-order valence-electron chi connectivity index (χ4n) is 8.64. The lowest BCUT2D eigenvalue weighted by molar-refractivity contribution is -0.243. The summed E-state index contributed by atoms with van der Waals surface area (Å²) >= 11 is 0. The smallest absolute Gasteiger partial charge is 0.302 e. The van der Waals surface area contributed by atoms with Gasteiger partial charge in [-0.1, -0.05) is 27.7 Å². The van der Waals surface area contributed by atoms with Crippen molar-refractivity contribution in [2.45, 2.75) is 90.6 Å². The number of hydrogen-bond acceptors (Lipinski definition) is 5. The van der Waals surface area contributed by atoms with Gasteiger partial charge < -0.3 is 14.6 Å². The van der Waals surface area contributed by atoms with Crippen LogP contribution in [0.2, 0.25) is 0 Å². The second kappa shape index (κ2) is 4.96. The molecule has 1 aliphatic heterocycles. The van der Waals surface area contributed by atoms with Gasteiger partial charge in [-0.25, -0.2) is 0 Å². The lowest BCUT2D eigenvalue weighted by Crippen LogP contribution is -2.72. The third-order valence-electron chi connectivity index (χ3n) is 9.41. The number of esters is 1. The second-order valence-corrected chi connectivity index (χ2v) is 10.9. The fourth-order valence-corrected chi connectivity index (χ4v) is 8.64. The maximum Gasteiger partial charge on any atom is 0.302 e. The van der Waals surface area contributed by atoms with Crippen LogP contribution in [0.3, 0.4) is 0 Å². The van der Waals surface area contributed by atoms with E-state index in [1.807, 2.05) is 0 Å². The van der Waals surface area contributed by atoms with Crippen LogP contribution in [0, 0.1) is 34.0 Å². The van der Waals surface area contributed by atoms with Crippen LogP contribution < -0.4 is 0 Å². The van der Waals surface area contributed by atoms with E-state index in [9.17, 15) is 14.7 Å². The molecule has 0 amide bonds.